The number of aldehydes is 1. The molecule has 2 saturated heterocycles. The lowest BCUT2D eigenvalue weighted by atomic mass is 9.77. The van der Waals surface area contributed by atoms with Crippen LogP contribution in [0, 0.1) is 24.6 Å². The molecule has 6 nitrogen and oxygen atoms in total. The first-order valence-corrected chi connectivity index (χ1v) is 8.30. The number of imide groups is 1. The quantitative estimate of drug-likeness (QED) is 0.764. The fourth-order valence-electron chi connectivity index (χ4n) is 3.61. The van der Waals surface area contributed by atoms with Gasteiger partial charge in [0.1, 0.15) is 24.5 Å². The van der Waals surface area contributed by atoms with E-state index in [0.717, 1.165) is 11.2 Å². The van der Waals surface area contributed by atoms with E-state index in [9.17, 15) is 18.8 Å². The van der Waals surface area contributed by atoms with E-state index < -0.39 is 18.1 Å². The number of fused-ring (bicyclic) bond motifs is 1. The molecule has 2 heterocycles. The molecular weight excluding hydrogens is 329 g/mol. The number of cyclic esters (lactones) is 1. The van der Waals surface area contributed by atoms with Crippen molar-refractivity contribution in [3.63, 3.8) is 0 Å². The summed E-state index contributed by atoms with van der Waals surface area (Å²) in [5.41, 5.74) is 0.400. The second-order valence-electron chi connectivity index (χ2n) is 6.57. The maximum atomic E-state index is 13.5. The first kappa shape index (κ1) is 17.4. The molecule has 4 atom stereocenters. The fourth-order valence-corrected chi connectivity index (χ4v) is 3.61. The first-order chi connectivity index (χ1) is 11.9. The standard InChI is InChI=1S/C18H20FNO5/c1-10-8-12(5-6-14(10)19)25-16-13(4-3-7-21)11(2)15-9-24-18(23)20(15)17(16)22/h5-8,11,13,15-16H,3-4,9H2,1-2H3/t11?,13?,15-,16-/m1/s1. The molecule has 2 amide bonds. The number of benzene rings is 1. The zero-order chi connectivity index (χ0) is 18.1. The van der Waals surface area contributed by atoms with Crippen LogP contribution in [-0.2, 0) is 14.3 Å². The van der Waals surface area contributed by atoms with Gasteiger partial charge < -0.3 is 14.3 Å². The molecule has 2 fully saturated rings. The van der Waals surface area contributed by atoms with Crippen molar-refractivity contribution in [3.05, 3.63) is 29.6 Å². The minimum Gasteiger partial charge on any atom is -0.480 e. The Morgan fingerprint density at radius 1 is 1.40 bits per heavy atom. The maximum Gasteiger partial charge on any atom is 0.417 e. The summed E-state index contributed by atoms with van der Waals surface area (Å²) in [6, 6.07) is 3.89. The Labute approximate surface area is 144 Å². The van der Waals surface area contributed by atoms with Crippen LogP contribution in [0.5, 0.6) is 5.75 Å². The number of carbonyl (C=O) groups is 3. The van der Waals surface area contributed by atoms with Gasteiger partial charge in [-0.25, -0.2) is 14.1 Å². The van der Waals surface area contributed by atoms with Crippen LogP contribution in [0.15, 0.2) is 18.2 Å². The lowest BCUT2D eigenvalue weighted by molar-refractivity contribution is -0.148. The van der Waals surface area contributed by atoms with E-state index in [-0.39, 0.29) is 30.3 Å². The zero-order valence-electron chi connectivity index (χ0n) is 14.1. The van der Waals surface area contributed by atoms with Gasteiger partial charge in [0.2, 0.25) is 0 Å². The number of rotatable bonds is 5. The number of nitrogens with zero attached hydrogens (tertiary/aromatic N) is 1. The highest BCUT2D eigenvalue weighted by atomic mass is 19.1. The maximum absolute atomic E-state index is 13.5. The van der Waals surface area contributed by atoms with Crippen molar-refractivity contribution in [1.82, 2.24) is 4.90 Å². The largest absolute Gasteiger partial charge is 0.480 e. The smallest absolute Gasteiger partial charge is 0.417 e. The molecule has 0 aliphatic carbocycles. The molecule has 0 spiro atoms. The monoisotopic (exact) mass is 349 g/mol. The normalized spacial score (nSPS) is 28.5. The molecule has 0 aromatic heterocycles. The van der Waals surface area contributed by atoms with Crippen molar-refractivity contribution in [2.75, 3.05) is 6.61 Å². The average Bonchev–Trinajstić information content (AvgIpc) is 2.97. The summed E-state index contributed by atoms with van der Waals surface area (Å²) in [5.74, 6) is -0.791. The molecule has 1 aromatic carbocycles. The summed E-state index contributed by atoms with van der Waals surface area (Å²) in [6.45, 7) is 3.69. The Morgan fingerprint density at radius 2 is 2.16 bits per heavy atom. The molecule has 0 radical (unpaired) electrons. The number of halogens is 1. The SMILES string of the molecule is Cc1cc(O[C@H]2C(=O)N3C(=O)OC[C@@H]3C(C)C2CCC=O)ccc1F. The predicted molar refractivity (Wildman–Crippen MR) is 85.5 cm³/mol. The summed E-state index contributed by atoms with van der Waals surface area (Å²) in [7, 11) is 0. The Morgan fingerprint density at radius 3 is 2.84 bits per heavy atom. The number of carbonyl (C=O) groups excluding carboxylic acids is 3. The molecule has 0 N–H and O–H groups in total. The highest BCUT2D eigenvalue weighted by Crippen LogP contribution is 2.38. The van der Waals surface area contributed by atoms with Crippen LogP contribution in [0.25, 0.3) is 0 Å². The number of amides is 2. The zero-order valence-corrected chi connectivity index (χ0v) is 14.1. The molecule has 0 saturated carbocycles. The van der Waals surface area contributed by atoms with Gasteiger partial charge in [0.05, 0.1) is 6.04 Å². The summed E-state index contributed by atoms with van der Waals surface area (Å²) in [6.07, 6.45) is -0.00787. The van der Waals surface area contributed by atoms with Crippen LogP contribution < -0.4 is 4.74 Å². The lowest BCUT2D eigenvalue weighted by Gasteiger charge is -2.41. The molecule has 1 aromatic rings. The van der Waals surface area contributed by atoms with Crippen molar-refractivity contribution < 1.29 is 28.2 Å². The molecule has 3 rings (SSSR count). The van der Waals surface area contributed by atoms with Gasteiger partial charge in [0.15, 0.2) is 6.10 Å². The number of hydrogen-bond donors (Lipinski definition) is 0. The summed E-state index contributed by atoms with van der Waals surface area (Å²) >= 11 is 0. The molecule has 7 heteroatoms. The minimum absolute atomic E-state index is 0.0735. The lowest BCUT2D eigenvalue weighted by Crippen LogP contribution is -2.59. The van der Waals surface area contributed by atoms with Gasteiger partial charge in [-0.2, -0.15) is 0 Å². The highest BCUT2D eigenvalue weighted by Gasteiger charge is 2.53. The topological polar surface area (TPSA) is 72.9 Å². The predicted octanol–water partition coefficient (Wildman–Crippen LogP) is 2.47. The molecule has 134 valence electrons. The van der Waals surface area contributed by atoms with Gasteiger partial charge in [-0.3, -0.25) is 4.79 Å². The van der Waals surface area contributed by atoms with E-state index in [1.54, 1.807) is 6.92 Å². The van der Waals surface area contributed by atoms with Gasteiger partial charge in [0.25, 0.3) is 5.91 Å². The van der Waals surface area contributed by atoms with E-state index in [1.807, 2.05) is 6.92 Å². The molecule has 2 aliphatic rings. The summed E-state index contributed by atoms with van der Waals surface area (Å²) in [4.78, 5) is 36.7. The van der Waals surface area contributed by atoms with E-state index in [2.05, 4.69) is 0 Å². The Balaban J connectivity index is 1.90. The molecule has 2 unspecified atom stereocenters. The minimum atomic E-state index is -0.915. The number of hydrogen-bond acceptors (Lipinski definition) is 5. The molecular formula is C18H20FNO5. The van der Waals surface area contributed by atoms with E-state index in [1.165, 1.54) is 18.2 Å². The number of aryl methyl sites for hydroxylation is 1. The first-order valence-electron chi connectivity index (χ1n) is 8.30. The van der Waals surface area contributed by atoms with Gasteiger partial charge >= 0.3 is 6.09 Å². The van der Waals surface area contributed by atoms with Crippen LogP contribution in [0.4, 0.5) is 9.18 Å². The van der Waals surface area contributed by atoms with E-state index in [4.69, 9.17) is 9.47 Å². The van der Waals surface area contributed by atoms with Crippen LogP contribution >= 0.6 is 0 Å². The molecule has 25 heavy (non-hydrogen) atoms. The Bertz CT molecular complexity index is 707. The van der Waals surface area contributed by atoms with Crippen LogP contribution in [0.3, 0.4) is 0 Å². The molecule has 2 aliphatic heterocycles. The second kappa shape index (κ2) is 6.82. The Hall–Kier alpha value is -2.44. The van der Waals surface area contributed by atoms with Gasteiger partial charge in [-0.05, 0) is 43.0 Å². The number of piperidine rings is 1. The van der Waals surface area contributed by atoms with E-state index in [0.29, 0.717) is 24.2 Å². The van der Waals surface area contributed by atoms with Gasteiger partial charge in [0, 0.05) is 12.3 Å². The third kappa shape index (κ3) is 3.10. The Kier molecular flexibility index (Phi) is 4.74. The van der Waals surface area contributed by atoms with Crippen LogP contribution in [-0.4, -0.2) is 41.9 Å². The highest BCUT2D eigenvalue weighted by molar-refractivity contribution is 5.97. The van der Waals surface area contributed by atoms with E-state index >= 15 is 0 Å². The van der Waals surface area contributed by atoms with Crippen molar-refractivity contribution in [3.8, 4) is 5.75 Å². The van der Waals surface area contributed by atoms with Gasteiger partial charge in [-0.1, -0.05) is 6.92 Å². The van der Waals surface area contributed by atoms with Crippen LogP contribution in [0.2, 0.25) is 0 Å². The molecule has 0 bridgehead atoms. The summed E-state index contributed by atoms with van der Waals surface area (Å²) < 4.78 is 24.3. The van der Waals surface area contributed by atoms with Crippen molar-refractivity contribution in [1.29, 1.82) is 0 Å². The van der Waals surface area contributed by atoms with Crippen molar-refractivity contribution in [2.24, 2.45) is 11.8 Å². The third-order valence-electron chi connectivity index (χ3n) is 5.07. The third-order valence-corrected chi connectivity index (χ3v) is 5.07. The van der Waals surface area contributed by atoms with Crippen molar-refractivity contribution >= 4 is 18.3 Å². The second-order valence-corrected chi connectivity index (χ2v) is 6.57. The van der Waals surface area contributed by atoms with Crippen molar-refractivity contribution in [2.45, 2.75) is 38.8 Å². The van der Waals surface area contributed by atoms with Gasteiger partial charge in [-0.15, -0.1) is 0 Å². The van der Waals surface area contributed by atoms with Crippen LogP contribution in [0.1, 0.15) is 25.3 Å². The summed E-state index contributed by atoms with van der Waals surface area (Å²) in [5, 5.41) is 0. The average molecular weight is 349 g/mol. The number of ether oxygens (including phenoxy) is 2. The fraction of sp³-hybridized carbons (Fsp3) is 0.500.